The van der Waals surface area contributed by atoms with E-state index in [-0.39, 0.29) is 24.5 Å². The molecule has 21 heavy (non-hydrogen) atoms. The number of hydrogen-bond donors (Lipinski definition) is 1. The lowest BCUT2D eigenvalue weighted by molar-refractivity contribution is -0.137. The number of carbonyl (C=O) groups is 1. The van der Waals surface area contributed by atoms with Gasteiger partial charge in [-0.25, -0.2) is 0 Å². The number of amides is 1. The third-order valence-electron chi connectivity index (χ3n) is 2.78. The summed E-state index contributed by atoms with van der Waals surface area (Å²) < 4.78 is 43.9. The van der Waals surface area contributed by atoms with Crippen LogP contribution in [-0.4, -0.2) is 34.2 Å². The van der Waals surface area contributed by atoms with Gasteiger partial charge in [-0.2, -0.15) is 13.2 Å². The lowest BCUT2D eigenvalue weighted by Gasteiger charge is -2.07. The number of halogens is 3. The third-order valence-corrected chi connectivity index (χ3v) is 2.78. The van der Waals surface area contributed by atoms with Crippen LogP contribution < -0.4 is 5.32 Å². The average molecular weight is 302 g/mol. The van der Waals surface area contributed by atoms with Gasteiger partial charge in [-0.05, 0) is 12.1 Å². The topological polar surface area (TPSA) is 68.5 Å². The van der Waals surface area contributed by atoms with E-state index < -0.39 is 11.7 Å². The molecule has 0 fully saturated rings. The van der Waals surface area contributed by atoms with Gasteiger partial charge in [-0.3, -0.25) is 9.20 Å². The number of methoxy groups -OCH3 is 1. The van der Waals surface area contributed by atoms with Crippen LogP contribution in [0.4, 0.5) is 13.2 Å². The first kappa shape index (κ1) is 15.2. The van der Waals surface area contributed by atoms with E-state index in [0.717, 1.165) is 12.1 Å². The summed E-state index contributed by atoms with van der Waals surface area (Å²) in [5.74, 6) is 0.116. The van der Waals surface area contributed by atoms with Crippen LogP contribution in [0.15, 0.2) is 18.3 Å². The molecule has 2 aromatic heterocycles. The van der Waals surface area contributed by atoms with Crippen molar-refractivity contribution in [3.63, 3.8) is 0 Å². The van der Waals surface area contributed by atoms with Gasteiger partial charge in [0.05, 0.1) is 18.7 Å². The number of carbonyl (C=O) groups excluding carboxylic acids is 1. The first-order valence-corrected chi connectivity index (χ1v) is 6.08. The second-order valence-electron chi connectivity index (χ2n) is 4.28. The summed E-state index contributed by atoms with van der Waals surface area (Å²) in [5, 5.41) is 10.0. The summed E-state index contributed by atoms with van der Waals surface area (Å²) in [6.07, 6.45) is -3.00. The van der Waals surface area contributed by atoms with E-state index in [4.69, 9.17) is 4.74 Å². The standard InChI is InChI=1S/C12H13F3N4O2/c1-21-5-3-11(20)16-7-10-18-17-9-6-8(12(13,14)15)2-4-19(9)10/h2,4,6H,3,5,7H2,1H3,(H,16,20). The normalized spacial score (nSPS) is 11.8. The summed E-state index contributed by atoms with van der Waals surface area (Å²) in [6, 6.07) is 1.84. The fourth-order valence-corrected chi connectivity index (χ4v) is 1.70. The first-order chi connectivity index (χ1) is 9.91. The van der Waals surface area contributed by atoms with Gasteiger partial charge in [0.25, 0.3) is 0 Å². The molecule has 0 bridgehead atoms. The Balaban J connectivity index is 2.10. The quantitative estimate of drug-likeness (QED) is 0.906. The van der Waals surface area contributed by atoms with E-state index in [1.165, 1.54) is 17.7 Å². The van der Waals surface area contributed by atoms with Crippen molar-refractivity contribution in [1.29, 1.82) is 0 Å². The lowest BCUT2D eigenvalue weighted by Crippen LogP contribution is -2.24. The van der Waals surface area contributed by atoms with Crippen molar-refractivity contribution in [3.8, 4) is 0 Å². The van der Waals surface area contributed by atoms with Crippen LogP contribution in [0.3, 0.4) is 0 Å². The smallest absolute Gasteiger partial charge is 0.384 e. The maximum atomic E-state index is 12.6. The average Bonchev–Trinajstić information content (AvgIpc) is 2.84. The number of fused-ring (bicyclic) bond motifs is 1. The largest absolute Gasteiger partial charge is 0.416 e. The molecule has 0 radical (unpaired) electrons. The molecule has 0 aliphatic rings. The molecule has 2 heterocycles. The molecule has 1 amide bonds. The monoisotopic (exact) mass is 302 g/mol. The van der Waals surface area contributed by atoms with Gasteiger partial charge in [0, 0.05) is 19.7 Å². The summed E-state index contributed by atoms with van der Waals surface area (Å²) in [5.41, 5.74) is -0.718. The van der Waals surface area contributed by atoms with Crippen LogP contribution in [0.2, 0.25) is 0 Å². The Kier molecular flexibility index (Phi) is 4.41. The summed E-state index contributed by atoms with van der Waals surface area (Å²) >= 11 is 0. The molecule has 6 nitrogen and oxygen atoms in total. The molecule has 0 saturated carbocycles. The fourth-order valence-electron chi connectivity index (χ4n) is 1.70. The zero-order valence-electron chi connectivity index (χ0n) is 11.1. The number of pyridine rings is 1. The first-order valence-electron chi connectivity index (χ1n) is 6.08. The number of ether oxygens (including phenoxy) is 1. The second kappa shape index (κ2) is 6.08. The Morgan fingerprint density at radius 1 is 1.43 bits per heavy atom. The zero-order valence-corrected chi connectivity index (χ0v) is 11.1. The van der Waals surface area contributed by atoms with Crippen LogP contribution in [0.1, 0.15) is 17.8 Å². The molecule has 1 N–H and O–H groups in total. The highest BCUT2D eigenvalue weighted by Gasteiger charge is 2.31. The van der Waals surface area contributed by atoms with E-state index in [9.17, 15) is 18.0 Å². The van der Waals surface area contributed by atoms with Gasteiger partial charge in [0.2, 0.25) is 5.91 Å². The number of rotatable bonds is 5. The Morgan fingerprint density at radius 3 is 2.86 bits per heavy atom. The van der Waals surface area contributed by atoms with Crippen molar-refractivity contribution in [2.24, 2.45) is 0 Å². The molecule has 0 unspecified atom stereocenters. The molecule has 0 aromatic carbocycles. The number of nitrogens with one attached hydrogen (secondary N) is 1. The SMILES string of the molecule is COCCC(=O)NCc1nnc2cc(C(F)(F)F)ccn12. The van der Waals surface area contributed by atoms with Gasteiger partial charge in [-0.1, -0.05) is 0 Å². The molecule has 0 aliphatic heterocycles. The van der Waals surface area contributed by atoms with Crippen molar-refractivity contribution in [1.82, 2.24) is 19.9 Å². The van der Waals surface area contributed by atoms with E-state index in [2.05, 4.69) is 15.5 Å². The summed E-state index contributed by atoms with van der Waals surface area (Å²) in [4.78, 5) is 11.4. The van der Waals surface area contributed by atoms with Gasteiger partial charge in [-0.15, -0.1) is 10.2 Å². The minimum Gasteiger partial charge on any atom is -0.384 e. The molecule has 2 aromatic rings. The molecule has 114 valence electrons. The number of nitrogens with zero attached hydrogens (tertiary/aromatic N) is 3. The number of hydrogen-bond acceptors (Lipinski definition) is 4. The predicted molar refractivity (Wildman–Crippen MR) is 66.3 cm³/mol. The van der Waals surface area contributed by atoms with E-state index >= 15 is 0 Å². The van der Waals surface area contributed by atoms with E-state index in [1.54, 1.807) is 0 Å². The minimum atomic E-state index is -4.43. The van der Waals surface area contributed by atoms with Gasteiger partial charge >= 0.3 is 6.18 Å². The summed E-state index contributed by atoms with van der Waals surface area (Å²) in [6.45, 7) is 0.371. The second-order valence-corrected chi connectivity index (χ2v) is 4.28. The molecular weight excluding hydrogens is 289 g/mol. The molecular formula is C12H13F3N4O2. The molecule has 0 saturated heterocycles. The minimum absolute atomic E-state index is 0.0750. The number of aromatic nitrogens is 3. The van der Waals surface area contributed by atoms with Gasteiger partial charge < -0.3 is 10.1 Å². The Bertz CT molecular complexity index is 639. The third kappa shape index (κ3) is 3.69. The Labute approximate surface area is 117 Å². The van der Waals surface area contributed by atoms with Crippen molar-refractivity contribution >= 4 is 11.6 Å². The summed E-state index contributed by atoms with van der Waals surface area (Å²) in [7, 11) is 1.48. The molecule has 0 atom stereocenters. The van der Waals surface area contributed by atoms with Crippen molar-refractivity contribution in [2.75, 3.05) is 13.7 Å². The van der Waals surface area contributed by atoms with E-state index in [1.807, 2.05) is 0 Å². The van der Waals surface area contributed by atoms with E-state index in [0.29, 0.717) is 12.4 Å². The van der Waals surface area contributed by atoms with Crippen LogP contribution in [0.25, 0.3) is 5.65 Å². The molecule has 0 spiro atoms. The number of alkyl halides is 3. The molecule has 2 rings (SSSR count). The Hall–Kier alpha value is -2.16. The maximum Gasteiger partial charge on any atom is 0.416 e. The molecule has 0 aliphatic carbocycles. The zero-order chi connectivity index (χ0) is 15.5. The Morgan fingerprint density at radius 2 is 2.19 bits per heavy atom. The molecule has 9 heteroatoms. The van der Waals surface area contributed by atoms with Crippen molar-refractivity contribution < 1.29 is 22.7 Å². The van der Waals surface area contributed by atoms with Crippen molar-refractivity contribution in [3.05, 3.63) is 29.7 Å². The maximum absolute atomic E-state index is 12.6. The van der Waals surface area contributed by atoms with Crippen molar-refractivity contribution in [2.45, 2.75) is 19.1 Å². The van der Waals surface area contributed by atoms with Crippen LogP contribution >= 0.6 is 0 Å². The highest BCUT2D eigenvalue weighted by Crippen LogP contribution is 2.29. The van der Waals surface area contributed by atoms with Gasteiger partial charge in [0.15, 0.2) is 11.5 Å². The van der Waals surface area contributed by atoms with Crippen LogP contribution in [0, 0.1) is 0 Å². The predicted octanol–water partition coefficient (Wildman–Crippen LogP) is 1.40. The lowest BCUT2D eigenvalue weighted by atomic mass is 10.2. The van der Waals surface area contributed by atoms with Crippen LogP contribution in [-0.2, 0) is 22.3 Å². The van der Waals surface area contributed by atoms with Gasteiger partial charge in [0.1, 0.15) is 0 Å². The highest BCUT2D eigenvalue weighted by molar-refractivity contribution is 5.75. The van der Waals surface area contributed by atoms with Crippen LogP contribution in [0.5, 0.6) is 0 Å². The fraction of sp³-hybridized carbons (Fsp3) is 0.417. The highest BCUT2D eigenvalue weighted by atomic mass is 19.4.